The van der Waals surface area contributed by atoms with Crippen molar-refractivity contribution in [2.45, 2.75) is 37.6 Å². The third-order valence-electron chi connectivity index (χ3n) is 7.61. The van der Waals surface area contributed by atoms with Crippen LogP contribution in [0.4, 0.5) is 0 Å². The summed E-state index contributed by atoms with van der Waals surface area (Å²) in [4.78, 5) is 28.2. The number of hydrogen-bond donors (Lipinski definition) is 3. The molecule has 1 aliphatic heterocycles. The number of aromatic nitrogens is 2. The van der Waals surface area contributed by atoms with Crippen molar-refractivity contribution in [2.75, 3.05) is 20.8 Å². The van der Waals surface area contributed by atoms with Gasteiger partial charge in [0.2, 0.25) is 0 Å². The number of rotatable bonds is 9. The van der Waals surface area contributed by atoms with Crippen LogP contribution >= 0.6 is 0 Å². The number of ether oxygens (including phenoxy) is 2. The van der Waals surface area contributed by atoms with Gasteiger partial charge in [-0.2, -0.15) is 5.10 Å². The number of hydrogen-bond acceptors (Lipinski definition) is 7. The lowest BCUT2D eigenvalue weighted by molar-refractivity contribution is -0.155. The van der Waals surface area contributed by atoms with E-state index >= 15 is 0 Å². The van der Waals surface area contributed by atoms with Crippen molar-refractivity contribution in [3.05, 3.63) is 107 Å². The Balaban J connectivity index is 1.34. The van der Waals surface area contributed by atoms with E-state index < -0.39 is 36.1 Å². The summed E-state index contributed by atoms with van der Waals surface area (Å²) in [6, 6.07) is 21.3. The number of nitrogens with one attached hydrogen (secondary N) is 1. The number of aliphatic hydroxyl groups excluding tert-OH is 2. The zero-order valence-corrected chi connectivity index (χ0v) is 23.7. The normalized spacial score (nSPS) is 16.6. The largest absolute Gasteiger partial charge is 0.493 e. The maximum Gasteiger partial charge on any atom is 0.255 e. The van der Waals surface area contributed by atoms with Crippen molar-refractivity contribution in [3.8, 4) is 17.2 Å². The van der Waals surface area contributed by atoms with Crippen LogP contribution in [0.1, 0.15) is 41.3 Å². The molecule has 1 aromatic heterocycles. The molecule has 42 heavy (non-hydrogen) atoms. The maximum atomic E-state index is 13.7. The molecular formula is C32H34N4O6. The van der Waals surface area contributed by atoms with Gasteiger partial charge in [0.15, 0.2) is 23.7 Å². The van der Waals surface area contributed by atoms with Crippen molar-refractivity contribution in [1.82, 2.24) is 20.0 Å². The molecule has 1 aliphatic rings. The molecule has 0 fully saturated rings. The predicted octanol–water partition coefficient (Wildman–Crippen LogP) is 2.96. The van der Waals surface area contributed by atoms with Gasteiger partial charge in [-0.05, 0) is 65.9 Å². The van der Waals surface area contributed by atoms with Crippen molar-refractivity contribution in [3.63, 3.8) is 0 Å². The minimum Gasteiger partial charge on any atom is -0.493 e. The number of methoxy groups -OCH3 is 2. The van der Waals surface area contributed by atoms with Gasteiger partial charge in [-0.15, -0.1) is 0 Å². The molecule has 0 saturated heterocycles. The SMILES string of the molecule is COc1cc2c(cc1OC)C(c1ccccc1)N(C(=O)[C@H](O)[C@@H](O)C(=O)N[C@H](C)c1ccc(-n3cccn3)cc1)CC2. The van der Waals surface area contributed by atoms with E-state index in [1.54, 1.807) is 32.0 Å². The Kier molecular flexibility index (Phi) is 8.56. The second-order valence-corrected chi connectivity index (χ2v) is 10.2. The summed E-state index contributed by atoms with van der Waals surface area (Å²) < 4.78 is 12.7. The smallest absolute Gasteiger partial charge is 0.255 e. The Bertz CT molecular complexity index is 1520. The van der Waals surface area contributed by atoms with Gasteiger partial charge < -0.3 is 29.9 Å². The van der Waals surface area contributed by atoms with Crippen LogP contribution < -0.4 is 14.8 Å². The molecule has 0 radical (unpaired) electrons. The highest BCUT2D eigenvalue weighted by Gasteiger charge is 2.40. The lowest BCUT2D eigenvalue weighted by Crippen LogP contribution is -2.53. The Morgan fingerprint density at radius 2 is 1.64 bits per heavy atom. The molecule has 3 aromatic carbocycles. The average Bonchev–Trinajstić information content (AvgIpc) is 3.58. The zero-order chi connectivity index (χ0) is 29.8. The van der Waals surface area contributed by atoms with Gasteiger partial charge in [0.1, 0.15) is 0 Å². The number of nitrogens with zero attached hydrogens (tertiary/aromatic N) is 3. The van der Waals surface area contributed by atoms with Crippen molar-refractivity contribution in [1.29, 1.82) is 0 Å². The number of amides is 2. The van der Waals surface area contributed by atoms with Crippen LogP contribution in [-0.4, -0.2) is 69.7 Å². The quantitative estimate of drug-likeness (QED) is 0.283. The molecule has 10 nitrogen and oxygen atoms in total. The maximum absolute atomic E-state index is 13.7. The third kappa shape index (κ3) is 5.72. The molecule has 4 atom stereocenters. The van der Waals surface area contributed by atoms with Crippen LogP contribution in [0.5, 0.6) is 11.5 Å². The first-order valence-corrected chi connectivity index (χ1v) is 13.7. The molecule has 1 unspecified atom stereocenters. The molecule has 218 valence electrons. The number of fused-ring (bicyclic) bond motifs is 1. The van der Waals surface area contributed by atoms with E-state index in [2.05, 4.69) is 10.4 Å². The Hall–Kier alpha value is -4.67. The molecule has 0 bridgehead atoms. The average molecular weight is 571 g/mol. The Morgan fingerprint density at radius 1 is 0.952 bits per heavy atom. The Labute approximate surface area is 244 Å². The van der Waals surface area contributed by atoms with Gasteiger partial charge in [0, 0.05) is 18.9 Å². The van der Waals surface area contributed by atoms with Gasteiger partial charge in [0.25, 0.3) is 11.8 Å². The molecule has 2 heterocycles. The predicted molar refractivity (Wildman–Crippen MR) is 155 cm³/mol. The standard InChI is InChI=1S/C32H34N4O6/c1-20(21-10-12-24(13-11-21)36-16-7-15-33-36)34-31(39)29(37)30(38)32(40)35-17-14-23-18-26(41-2)27(42-3)19-25(23)28(35)22-8-5-4-6-9-22/h4-13,15-16,18-20,28-30,37-38H,14,17H2,1-3H3,(H,34,39)/t20-,28?,29-,30-/m1/s1. The summed E-state index contributed by atoms with van der Waals surface area (Å²) in [6.07, 6.45) is 0.0687. The zero-order valence-electron chi connectivity index (χ0n) is 23.7. The number of aliphatic hydroxyl groups is 2. The van der Waals surface area contributed by atoms with Gasteiger partial charge in [-0.25, -0.2) is 4.68 Å². The summed E-state index contributed by atoms with van der Waals surface area (Å²) >= 11 is 0. The van der Waals surface area contributed by atoms with Gasteiger partial charge in [-0.3, -0.25) is 9.59 Å². The van der Waals surface area contributed by atoms with Crippen LogP contribution in [0, 0.1) is 0 Å². The van der Waals surface area contributed by atoms with E-state index in [9.17, 15) is 19.8 Å². The molecule has 5 rings (SSSR count). The second kappa shape index (κ2) is 12.5. The fraction of sp³-hybridized carbons (Fsp3) is 0.281. The van der Waals surface area contributed by atoms with E-state index in [0.29, 0.717) is 17.9 Å². The minimum atomic E-state index is -1.97. The molecule has 4 aromatic rings. The highest BCUT2D eigenvalue weighted by molar-refractivity contribution is 5.91. The molecule has 2 amide bonds. The van der Waals surface area contributed by atoms with Crippen molar-refractivity contribution in [2.24, 2.45) is 0 Å². The monoisotopic (exact) mass is 570 g/mol. The summed E-state index contributed by atoms with van der Waals surface area (Å²) in [6.45, 7) is 2.03. The molecule has 3 N–H and O–H groups in total. The second-order valence-electron chi connectivity index (χ2n) is 10.2. The number of carbonyl (C=O) groups excluding carboxylic acids is 2. The lowest BCUT2D eigenvalue weighted by Gasteiger charge is -2.39. The summed E-state index contributed by atoms with van der Waals surface area (Å²) in [5.41, 5.74) is 4.25. The lowest BCUT2D eigenvalue weighted by atomic mass is 9.87. The first kappa shape index (κ1) is 28.8. The van der Waals surface area contributed by atoms with Crippen LogP contribution in [-0.2, 0) is 16.0 Å². The fourth-order valence-electron chi connectivity index (χ4n) is 5.35. The third-order valence-corrected chi connectivity index (χ3v) is 7.61. The summed E-state index contributed by atoms with van der Waals surface area (Å²) in [5, 5.41) is 28.7. The van der Waals surface area contributed by atoms with Crippen molar-refractivity contribution >= 4 is 11.8 Å². The first-order chi connectivity index (χ1) is 20.3. The number of benzene rings is 3. The highest BCUT2D eigenvalue weighted by atomic mass is 16.5. The van der Waals surface area contributed by atoms with E-state index in [1.165, 1.54) is 4.90 Å². The number of carbonyl (C=O) groups is 2. The highest BCUT2D eigenvalue weighted by Crippen LogP contribution is 2.41. The minimum absolute atomic E-state index is 0.269. The molecule has 0 saturated carbocycles. The molecule has 0 spiro atoms. The van der Waals surface area contributed by atoms with E-state index in [0.717, 1.165) is 27.9 Å². The van der Waals surface area contributed by atoms with Crippen LogP contribution in [0.25, 0.3) is 5.69 Å². The summed E-state index contributed by atoms with van der Waals surface area (Å²) in [7, 11) is 3.11. The topological polar surface area (TPSA) is 126 Å². The van der Waals surface area contributed by atoms with E-state index in [-0.39, 0.29) is 6.54 Å². The van der Waals surface area contributed by atoms with Crippen LogP contribution in [0.3, 0.4) is 0 Å². The van der Waals surface area contributed by atoms with Gasteiger partial charge in [-0.1, -0.05) is 42.5 Å². The molecule has 0 aliphatic carbocycles. The molecule has 10 heteroatoms. The van der Waals surface area contributed by atoms with E-state index in [4.69, 9.17) is 9.47 Å². The first-order valence-electron chi connectivity index (χ1n) is 13.7. The van der Waals surface area contributed by atoms with Crippen molar-refractivity contribution < 1.29 is 29.3 Å². The van der Waals surface area contributed by atoms with Crippen LogP contribution in [0.2, 0.25) is 0 Å². The van der Waals surface area contributed by atoms with Crippen LogP contribution in [0.15, 0.2) is 85.2 Å². The summed E-state index contributed by atoms with van der Waals surface area (Å²) in [5.74, 6) is -0.499. The molecular weight excluding hydrogens is 536 g/mol. The van der Waals surface area contributed by atoms with Gasteiger partial charge in [0.05, 0.1) is 32.0 Å². The van der Waals surface area contributed by atoms with E-state index in [1.807, 2.05) is 79.0 Å². The fourth-order valence-corrected chi connectivity index (χ4v) is 5.35. The van der Waals surface area contributed by atoms with Gasteiger partial charge >= 0.3 is 0 Å². The Morgan fingerprint density at radius 3 is 2.29 bits per heavy atom.